The van der Waals surface area contributed by atoms with E-state index in [4.69, 9.17) is 10.3 Å². The highest BCUT2D eigenvalue weighted by Crippen LogP contribution is 2.17. The summed E-state index contributed by atoms with van der Waals surface area (Å²) in [6, 6.07) is 0. The molecule has 0 fully saturated rings. The minimum absolute atomic E-state index is 0.519. The summed E-state index contributed by atoms with van der Waals surface area (Å²) in [6.45, 7) is 4.45. The lowest BCUT2D eigenvalue weighted by Gasteiger charge is -2.09. The molecule has 0 radical (unpaired) electrons. The van der Waals surface area contributed by atoms with Gasteiger partial charge in [0.2, 0.25) is 5.89 Å². The van der Waals surface area contributed by atoms with Gasteiger partial charge in [-0.2, -0.15) is 4.98 Å². The lowest BCUT2D eigenvalue weighted by atomic mass is 10.2. The number of anilines is 2. The van der Waals surface area contributed by atoms with E-state index in [-0.39, 0.29) is 0 Å². The number of aryl methyl sites for hydroxylation is 1. The number of rotatable bonds is 5. The zero-order valence-corrected chi connectivity index (χ0v) is 10.5. The van der Waals surface area contributed by atoms with Crippen molar-refractivity contribution in [3.8, 4) is 0 Å². The Labute approximate surface area is 105 Å². The maximum absolute atomic E-state index is 5.79. The van der Waals surface area contributed by atoms with Crippen molar-refractivity contribution in [1.29, 1.82) is 0 Å². The number of hydrogen-bond donors (Lipinski definition) is 2. The second-order valence-corrected chi connectivity index (χ2v) is 3.85. The van der Waals surface area contributed by atoms with Crippen LogP contribution in [0.25, 0.3) is 0 Å². The van der Waals surface area contributed by atoms with Gasteiger partial charge in [0.15, 0.2) is 5.82 Å². The van der Waals surface area contributed by atoms with Gasteiger partial charge in [-0.05, 0) is 6.42 Å². The van der Waals surface area contributed by atoms with Crippen molar-refractivity contribution in [1.82, 2.24) is 20.1 Å². The van der Waals surface area contributed by atoms with E-state index in [1.165, 1.54) is 6.33 Å². The summed E-state index contributed by atoms with van der Waals surface area (Å²) in [5.41, 5.74) is 6.72. The average molecular weight is 248 g/mol. The minimum atomic E-state index is 0.519. The molecule has 0 amide bonds. The van der Waals surface area contributed by atoms with Gasteiger partial charge in [0, 0.05) is 25.5 Å². The second kappa shape index (κ2) is 5.44. The summed E-state index contributed by atoms with van der Waals surface area (Å²) in [6.07, 6.45) is 2.91. The molecule has 0 unspecified atom stereocenters. The van der Waals surface area contributed by atoms with Crippen LogP contribution in [-0.4, -0.2) is 26.7 Å². The fourth-order valence-electron chi connectivity index (χ4n) is 1.66. The van der Waals surface area contributed by atoms with Crippen LogP contribution in [0.15, 0.2) is 10.9 Å². The number of aromatic nitrogens is 4. The third-order valence-electron chi connectivity index (χ3n) is 2.54. The summed E-state index contributed by atoms with van der Waals surface area (Å²) in [5, 5.41) is 7.03. The fraction of sp³-hybridized carbons (Fsp3) is 0.455. The molecular weight excluding hydrogens is 232 g/mol. The summed E-state index contributed by atoms with van der Waals surface area (Å²) in [7, 11) is 0. The number of nitrogens with zero attached hydrogens (tertiary/aromatic N) is 4. The van der Waals surface area contributed by atoms with Gasteiger partial charge in [0.25, 0.3) is 0 Å². The minimum Gasteiger partial charge on any atom is -0.383 e. The lowest BCUT2D eigenvalue weighted by molar-refractivity contribution is 0.387. The van der Waals surface area contributed by atoms with Crippen molar-refractivity contribution < 1.29 is 4.52 Å². The first-order chi connectivity index (χ1) is 8.70. The number of hydrogen-bond acceptors (Lipinski definition) is 7. The molecule has 18 heavy (non-hydrogen) atoms. The summed E-state index contributed by atoms with van der Waals surface area (Å²) in [4.78, 5) is 12.3. The zero-order chi connectivity index (χ0) is 13.0. The highest BCUT2D eigenvalue weighted by molar-refractivity contribution is 5.54. The van der Waals surface area contributed by atoms with Gasteiger partial charge >= 0.3 is 0 Å². The highest BCUT2D eigenvalue weighted by Gasteiger charge is 2.07. The van der Waals surface area contributed by atoms with Gasteiger partial charge in [-0.15, -0.1) is 0 Å². The number of nitrogen functional groups attached to an aromatic ring is 1. The van der Waals surface area contributed by atoms with Crippen LogP contribution in [0.1, 0.15) is 24.2 Å². The molecule has 3 N–H and O–H groups in total. The molecule has 96 valence electrons. The molecule has 2 aromatic rings. The largest absolute Gasteiger partial charge is 0.383 e. The zero-order valence-electron chi connectivity index (χ0n) is 10.5. The Morgan fingerprint density at radius 1 is 1.39 bits per heavy atom. The van der Waals surface area contributed by atoms with Gasteiger partial charge in [-0.3, -0.25) is 0 Å². The van der Waals surface area contributed by atoms with Crippen molar-refractivity contribution in [2.75, 3.05) is 17.6 Å². The Bertz CT molecular complexity index is 524. The Balaban J connectivity index is 1.96. The van der Waals surface area contributed by atoms with E-state index >= 15 is 0 Å². The third kappa shape index (κ3) is 2.73. The van der Waals surface area contributed by atoms with E-state index in [9.17, 15) is 0 Å². The maximum Gasteiger partial charge on any atom is 0.223 e. The first-order valence-electron chi connectivity index (χ1n) is 5.83. The molecular formula is C11H16N6O. The molecule has 7 heteroatoms. The van der Waals surface area contributed by atoms with Crippen LogP contribution in [0.3, 0.4) is 0 Å². The molecule has 0 aliphatic carbocycles. The van der Waals surface area contributed by atoms with Gasteiger partial charge in [-0.1, -0.05) is 12.1 Å². The number of nitrogens with one attached hydrogen (secondary N) is 1. The molecule has 0 aliphatic rings. The van der Waals surface area contributed by atoms with E-state index in [0.717, 1.165) is 17.8 Å². The van der Waals surface area contributed by atoms with Crippen LogP contribution in [0.4, 0.5) is 11.6 Å². The first-order valence-corrected chi connectivity index (χ1v) is 5.83. The molecule has 0 saturated heterocycles. The van der Waals surface area contributed by atoms with Crippen molar-refractivity contribution >= 4 is 11.6 Å². The molecule has 2 aromatic heterocycles. The second-order valence-electron chi connectivity index (χ2n) is 3.85. The van der Waals surface area contributed by atoms with Crippen LogP contribution in [0, 0.1) is 6.92 Å². The van der Waals surface area contributed by atoms with Crippen molar-refractivity contribution in [2.24, 2.45) is 0 Å². The fourth-order valence-corrected chi connectivity index (χ4v) is 1.66. The summed E-state index contributed by atoms with van der Waals surface area (Å²) in [5.74, 6) is 2.54. The Hall–Kier alpha value is -2.18. The van der Waals surface area contributed by atoms with Crippen LogP contribution in [0.2, 0.25) is 0 Å². The van der Waals surface area contributed by atoms with Crippen LogP contribution in [-0.2, 0) is 12.8 Å². The van der Waals surface area contributed by atoms with E-state index in [2.05, 4.69) is 25.4 Å². The molecule has 0 aromatic carbocycles. The predicted octanol–water partition coefficient (Wildman–Crippen LogP) is 0.967. The van der Waals surface area contributed by atoms with Crippen molar-refractivity contribution in [2.45, 2.75) is 26.7 Å². The van der Waals surface area contributed by atoms with Crippen LogP contribution in [0.5, 0.6) is 0 Å². The molecule has 2 rings (SSSR count). The van der Waals surface area contributed by atoms with Crippen LogP contribution >= 0.6 is 0 Å². The molecule has 7 nitrogen and oxygen atoms in total. The summed E-state index contributed by atoms with van der Waals surface area (Å²) >= 11 is 0. The van der Waals surface area contributed by atoms with E-state index in [1.807, 2.05) is 6.92 Å². The molecule has 0 bridgehead atoms. The predicted molar refractivity (Wildman–Crippen MR) is 67.1 cm³/mol. The average Bonchev–Trinajstić information content (AvgIpc) is 2.75. The standard InChI is InChI=1S/C11H16N6O/c1-3-8-10(12)14-6-15-11(8)13-5-4-9-16-7(2)18-17-9/h6H,3-5H2,1-2H3,(H3,12,13,14,15). The monoisotopic (exact) mass is 248 g/mol. The smallest absolute Gasteiger partial charge is 0.223 e. The van der Waals surface area contributed by atoms with E-state index in [1.54, 1.807) is 6.92 Å². The summed E-state index contributed by atoms with van der Waals surface area (Å²) < 4.78 is 4.90. The molecule has 0 spiro atoms. The molecule has 0 atom stereocenters. The van der Waals surface area contributed by atoms with Crippen LogP contribution < -0.4 is 11.1 Å². The highest BCUT2D eigenvalue weighted by atomic mass is 16.5. The Morgan fingerprint density at radius 2 is 2.22 bits per heavy atom. The third-order valence-corrected chi connectivity index (χ3v) is 2.54. The number of nitrogens with two attached hydrogens (primary N) is 1. The van der Waals surface area contributed by atoms with E-state index < -0.39 is 0 Å². The lowest BCUT2D eigenvalue weighted by Crippen LogP contribution is -2.11. The van der Waals surface area contributed by atoms with E-state index in [0.29, 0.717) is 30.5 Å². The normalized spacial score (nSPS) is 10.6. The SMILES string of the molecule is CCc1c(N)ncnc1NCCc1noc(C)n1. The molecule has 2 heterocycles. The molecule has 0 aliphatic heterocycles. The van der Waals surface area contributed by atoms with Gasteiger partial charge in [-0.25, -0.2) is 9.97 Å². The van der Waals surface area contributed by atoms with Crippen molar-refractivity contribution in [3.05, 3.63) is 23.6 Å². The Kier molecular flexibility index (Phi) is 3.71. The van der Waals surface area contributed by atoms with Gasteiger partial charge < -0.3 is 15.6 Å². The van der Waals surface area contributed by atoms with Gasteiger partial charge in [0.1, 0.15) is 18.0 Å². The van der Waals surface area contributed by atoms with Gasteiger partial charge in [0.05, 0.1) is 0 Å². The van der Waals surface area contributed by atoms with Crippen molar-refractivity contribution in [3.63, 3.8) is 0 Å². The quantitative estimate of drug-likeness (QED) is 0.812. The molecule has 0 saturated carbocycles. The first kappa shape index (κ1) is 12.3. The Morgan fingerprint density at radius 3 is 2.89 bits per heavy atom. The maximum atomic E-state index is 5.79. The topological polar surface area (TPSA) is 103 Å².